The number of nitrogens with zero attached hydrogens (tertiary/aromatic N) is 1. The summed E-state index contributed by atoms with van der Waals surface area (Å²) in [4.78, 5) is 12.9. The first-order valence-electron chi connectivity index (χ1n) is 3.58. The van der Waals surface area contributed by atoms with Crippen LogP contribution in [-0.4, -0.2) is 32.1 Å². The van der Waals surface area contributed by atoms with Crippen molar-refractivity contribution in [3.63, 3.8) is 0 Å². The Morgan fingerprint density at radius 1 is 1.55 bits per heavy atom. The zero-order chi connectivity index (χ0) is 8.53. The second-order valence-corrected chi connectivity index (χ2v) is 1.87. The van der Waals surface area contributed by atoms with Crippen LogP contribution in [0.5, 0.6) is 0 Å². The van der Waals surface area contributed by atoms with Crippen LogP contribution < -0.4 is 0 Å². The van der Waals surface area contributed by atoms with Crippen molar-refractivity contribution in [3.05, 3.63) is 0 Å². The van der Waals surface area contributed by atoms with E-state index in [1.165, 1.54) is 6.08 Å². The summed E-state index contributed by atoms with van der Waals surface area (Å²) in [6, 6.07) is 0. The average Bonchev–Trinajstić information content (AvgIpc) is 1.99. The average molecular weight is 159 g/mol. The highest BCUT2D eigenvalue weighted by Gasteiger charge is 1.97. The molecule has 0 aliphatic heterocycles. The molecule has 0 rings (SSSR count). The van der Waals surface area contributed by atoms with Crippen LogP contribution >= 0.6 is 0 Å². The summed E-state index contributed by atoms with van der Waals surface area (Å²) in [7, 11) is 0. The maximum atomic E-state index is 9.60. The van der Waals surface area contributed by atoms with E-state index in [1.54, 1.807) is 6.92 Å². The standard InChI is InChI=1S/C7H13NO3/c1-3-10-7(2)11-5-4-8-6-9/h7H,3-5H2,1-2H3. The highest BCUT2D eigenvalue weighted by Crippen LogP contribution is 1.91. The molecule has 0 amide bonds. The van der Waals surface area contributed by atoms with Crippen molar-refractivity contribution in [2.24, 2.45) is 4.99 Å². The van der Waals surface area contributed by atoms with Gasteiger partial charge in [-0.3, -0.25) is 0 Å². The van der Waals surface area contributed by atoms with Crippen LogP contribution in [0.3, 0.4) is 0 Å². The van der Waals surface area contributed by atoms with Gasteiger partial charge in [-0.25, -0.2) is 9.79 Å². The van der Waals surface area contributed by atoms with Gasteiger partial charge in [-0.15, -0.1) is 0 Å². The van der Waals surface area contributed by atoms with Crippen LogP contribution in [0.1, 0.15) is 13.8 Å². The lowest BCUT2D eigenvalue weighted by Gasteiger charge is -2.10. The smallest absolute Gasteiger partial charge is 0.235 e. The van der Waals surface area contributed by atoms with Gasteiger partial charge >= 0.3 is 0 Å². The van der Waals surface area contributed by atoms with Gasteiger partial charge in [0.15, 0.2) is 6.29 Å². The Hall–Kier alpha value is -0.700. The summed E-state index contributed by atoms with van der Waals surface area (Å²) in [5, 5.41) is 0. The van der Waals surface area contributed by atoms with E-state index < -0.39 is 0 Å². The lowest BCUT2D eigenvalue weighted by Crippen LogP contribution is -2.14. The SMILES string of the molecule is CCOC(C)OCCN=C=O. The molecule has 0 N–H and O–H groups in total. The third kappa shape index (κ3) is 7.19. The summed E-state index contributed by atoms with van der Waals surface area (Å²) in [5.41, 5.74) is 0. The molecular weight excluding hydrogens is 146 g/mol. The molecule has 0 spiro atoms. The Kier molecular flexibility index (Phi) is 6.94. The molecule has 0 aliphatic carbocycles. The molecule has 4 nitrogen and oxygen atoms in total. The van der Waals surface area contributed by atoms with Crippen molar-refractivity contribution in [2.75, 3.05) is 19.8 Å². The molecule has 0 aromatic heterocycles. The fraction of sp³-hybridized carbons (Fsp3) is 0.857. The number of isocyanates is 1. The maximum Gasteiger partial charge on any atom is 0.235 e. The van der Waals surface area contributed by atoms with Crippen molar-refractivity contribution in [1.29, 1.82) is 0 Å². The molecule has 0 aromatic rings. The number of hydrogen-bond acceptors (Lipinski definition) is 4. The Labute approximate surface area is 66.2 Å². The first-order valence-corrected chi connectivity index (χ1v) is 3.58. The van der Waals surface area contributed by atoms with Crippen molar-refractivity contribution in [1.82, 2.24) is 0 Å². The van der Waals surface area contributed by atoms with E-state index in [4.69, 9.17) is 9.47 Å². The van der Waals surface area contributed by atoms with Gasteiger partial charge in [0.2, 0.25) is 6.08 Å². The number of ether oxygens (including phenoxy) is 2. The number of carbonyl (C=O) groups excluding carboxylic acids is 1. The van der Waals surface area contributed by atoms with E-state index in [0.29, 0.717) is 19.8 Å². The van der Waals surface area contributed by atoms with Crippen molar-refractivity contribution < 1.29 is 14.3 Å². The van der Waals surface area contributed by atoms with Crippen molar-refractivity contribution >= 4 is 6.08 Å². The van der Waals surface area contributed by atoms with Crippen LogP contribution in [0.2, 0.25) is 0 Å². The Balaban J connectivity index is 3.16. The molecule has 0 heterocycles. The van der Waals surface area contributed by atoms with Gasteiger partial charge in [0.25, 0.3) is 0 Å². The molecule has 0 radical (unpaired) electrons. The largest absolute Gasteiger partial charge is 0.353 e. The lowest BCUT2D eigenvalue weighted by molar-refractivity contribution is -0.124. The fourth-order valence-electron chi connectivity index (χ4n) is 0.593. The highest BCUT2D eigenvalue weighted by atomic mass is 16.7. The van der Waals surface area contributed by atoms with E-state index in [1.807, 2.05) is 6.92 Å². The normalized spacial score (nSPS) is 12.2. The monoisotopic (exact) mass is 159 g/mol. The summed E-state index contributed by atoms with van der Waals surface area (Å²) in [6.07, 6.45) is 1.21. The van der Waals surface area contributed by atoms with Crippen molar-refractivity contribution in [2.45, 2.75) is 20.1 Å². The topological polar surface area (TPSA) is 47.9 Å². The first kappa shape index (κ1) is 10.3. The Morgan fingerprint density at radius 3 is 2.82 bits per heavy atom. The molecule has 4 heteroatoms. The van der Waals surface area contributed by atoms with E-state index in [9.17, 15) is 4.79 Å². The summed E-state index contributed by atoms with van der Waals surface area (Å²) in [5.74, 6) is 0. The molecule has 1 atom stereocenters. The number of rotatable bonds is 6. The summed E-state index contributed by atoms with van der Waals surface area (Å²) < 4.78 is 10.1. The van der Waals surface area contributed by atoms with Crippen LogP contribution in [-0.2, 0) is 14.3 Å². The van der Waals surface area contributed by atoms with Gasteiger partial charge in [-0.2, -0.15) is 0 Å². The second-order valence-electron chi connectivity index (χ2n) is 1.87. The van der Waals surface area contributed by atoms with Gasteiger partial charge in [-0.05, 0) is 13.8 Å². The molecule has 0 aliphatic rings. The van der Waals surface area contributed by atoms with Gasteiger partial charge in [0.05, 0.1) is 13.2 Å². The third-order valence-electron chi connectivity index (χ3n) is 1.02. The minimum absolute atomic E-state index is 0.221. The summed E-state index contributed by atoms with van der Waals surface area (Å²) in [6.45, 7) is 5.06. The Bertz CT molecular complexity index is 132. The second kappa shape index (κ2) is 7.41. The van der Waals surface area contributed by atoms with E-state index in [2.05, 4.69) is 4.99 Å². The van der Waals surface area contributed by atoms with Crippen LogP contribution in [0.4, 0.5) is 0 Å². The minimum atomic E-state index is -0.221. The predicted octanol–water partition coefficient (Wildman–Crippen LogP) is 0.721. The Morgan fingerprint density at radius 2 is 2.27 bits per heavy atom. The molecule has 1 unspecified atom stereocenters. The van der Waals surface area contributed by atoms with Gasteiger partial charge in [0.1, 0.15) is 0 Å². The molecule has 0 aromatic carbocycles. The first-order chi connectivity index (χ1) is 5.31. The third-order valence-corrected chi connectivity index (χ3v) is 1.02. The molecule has 64 valence electrons. The lowest BCUT2D eigenvalue weighted by atomic mass is 10.6. The summed E-state index contributed by atoms with van der Waals surface area (Å²) >= 11 is 0. The van der Waals surface area contributed by atoms with Crippen molar-refractivity contribution in [3.8, 4) is 0 Å². The van der Waals surface area contributed by atoms with Gasteiger partial charge in [-0.1, -0.05) is 0 Å². The predicted molar refractivity (Wildman–Crippen MR) is 40.0 cm³/mol. The quantitative estimate of drug-likeness (QED) is 0.248. The van der Waals surface area contributed by atoms with Gasteiger partial charge < -0.3 is 9.47 Å². The van der Waals surface area contributed by atoms with E-state index in [-0.39, 0.29) is 6.29 Å². The zero-order valence-corrected chi connectivity index (χ0v) is 6.87. The van der Waals surface area contributed by atoms with Gasteiger partial charge in [0, 0.05) is 6.61 Å². The number of aliphatic imine (C=N–C) groups is 1. The molecule has 0 saturated heterocycles. The molecule has 0 bridgehead atoms. The van der Waals surface area contributed by atoms with Crippen LogP contribution in [0, 0.1) is 0 Å². The van der Waals surface area contributed by atoms with E-state index in [0.717, 1.165) is 0 Å². The number of hydrogen-bond donors (Lipinski definition) is 0. The molecule has 0 saturated carbocycles. The molecular formula is C7H13NO3. The van der Waals surface area contributed by atoms with Crippen LogP contribution in [0.25, 0.3) is 0 Å². The zero-order valence-electron chi connectivity index (χ0n) is 6.87. The van der Waals surface area contributed by atoms with E-state index >= 15 is 0 Å². The maximum absolute atomic E-state index is 9.60. The highest BCUT2D eigenvalue weighted by molar-refractivity contribution is 5.32. The van der Waals surface area contributed by atoms with Crippen LogP contribution in [0.15, 0.2) is 4.99 Å². The molecule has 11 heavy (non-hydrogen) atoms. The minimum Gasteiger partial charge on any atom is -0.353 e. The molecule has 0 fully saturated rings. The fourth-order valence-corrected chi connectivity index (χ4v) is 0.593.